The summed E-state index contributed by atoms with van der Waals surface area (Å²) in [6.07, 6.45) is -0.0393. The quantitative estimate of drug-likeness (QED) is 0.523. The lowest BCUT2D eigenvalue weighted by molar-refractivity contribution is -0.127. The van der Waals surface area contributed by atoms with Crippen LogP contribution in [0.1, 0.15) is 22.8 Å². The first-order valence-corrected chi connectivity index (χ1v) is 11.3. The number of benzene rings is 3. The number of anilines is 2. The van der Waals surface area contributed by atoms with Crippen LogP contribution in [0.3, 0.4) is 0 Å². The summed E-state index contributed by atoms with van der Waals surface area (Å²) in [7, 11) is 1.61. The van der Waals surface area contributed by atoms with Crippen LogP contribution in [-0.4, -0.2) is 44.0 Å². The summed E-state index contributed by atoms with van der Waals surface area (Å²) >= 11 is 0. The number of nitrogens with one attached hydrogen (secondary N) is 2. The number of rotatable bonds is 8. The smallest absolute Gasteiger partial charge is 0.268 e. The lowest BCUT2D eigenvalue weighted by Gasteiger charge is -2.32. The van der Waals surface area contributed by atoms with Gasteiger partial charge in [0.05, 0.1) is 24.0 Å². The number of carbonyl (C=O) groups excluding carboxylic acids is 3. The van der Waals surface area contributed by atoms with Gasteiger partial charge in [-0.3, -0.25) is 19.3 Å². The monoisotopic (exact) mass is 473 g/mol. The molecule has 0 unspecified atom stereocenters. The number of nitrogens with zero attached hydrogens (tertiary/aromatic N) is 1. The highest BCUT2D eigenvalue weighted by Crippen LogP contribution is 2.33. The first-order chi connectivity index (χ1) is 17.0. The summed E-state index contributed by atoms with van der Waals surface area (Å²) in [6, 6.07) is 21.5. The molecule has 1 atom stereocenters. The van der Waals surface area contributed by atoms with Crippen LogP contribution >= 0.6 is 0 Å². The van der Waals surface area contributed by atoms with Gasteiger partial charge in [0, 0.05) is 6.54 Å². The predicted molar refractivity (Wildman–Crippen MR) is 133 cm³/mol. The number of ether oxygens (including phenoxy) is 2. The number of carbonyl (C=O) groups is 3. The molecule has 0 saturated heterocycles. The molecule has 0 aromatic heterocycles. The van der Waals surface area contributed by atoms with Gasteiger partial charge in [-0.15, -0.1) is 0 Å². The largest absolute Gasteiger partial charge is 0.497 e. The van der Waals surface area contributed by atoms with Gasteiger partial charge < -0.3 is 20.1 Å². The van der Waals surface area contributed by atoms with Gasteiger partial charge in [-0.25, -0.2) is 0 Å². The topological polar surface area (TPSA) is 97.0 Å². The Labute approximate surface area is 203 Å². The lowest BCUT2D eigenvalue weighted by atomic mass is 10.1. The minimum absolute atomic E-state index is 0.197. The summed E-state index contributed by atoms with van der Waals surface area (Å²) in [5.41, 5.74) is 2.33. The number of amides is 3. The normalized spacial score (nSPS) is 14.5. The molecule has 1 aliphatic rings. The highest BCUT2D eigenvalue weighted by Gasteiger charge is 2.32. The van der Waals surface area contributed by atoms with Crippen molar-refractivity contribution in [2.75, 3.05) is 30.4 Å². The van der Waals surface area contributed by atoms with E-state index in [1.165, 1.54) is 4.90 Å². The molecule has 0 spiro atoms. The Hall–Kier alpha value is -4.33. The van der Waals surface area contributed by atoms with E-state index >= 15 is 0 Å². The van der Waals surface area contributed by atoms with Gasteiger partial charge in [-0.1, -0.05) is 36.4 Å². The van der Waals surface area contributed by atoms with Gasteiger partial charge in [0.1, 0.15) is 18.0 Å². The second kappa shape index (κ2) is 10.7. The minimum atomic E-state index is -0.693. The second-order valence-corrected chi connectivity index (χ2v) is 8.10. The molecule has 0 aliphatic carbocycles. The van der Waals surface area contributed by atoms with Crippen molar-refractivity contribution in [3.8, 4) is 11.5 Å². The molecule has 0 radical (unpaired) electrons. The fourth-order valence-corrected chi connectivity index (χ4v) is 3.85. The zero-order valence-corrected chi connectivity index (χ0v) is 19.6. The first-order valence-electron chi connectivity index (χ1n) is 11.3. The van der Waals surface area contributed by atoms with E-state index in [0.29, 0.717) is 35.7 Å². The fraction of sp³-hybridized carbons (Fsp3) is 0.222. The average Bonchev–Trinajstić information content (AvgIpc) is 2.87. The van der Waals surface area contributed by atoms with E-state index < -0.39 is 12.0 Å². The van der Waals surface area contributed by atoms with Crippen molar-refractivity contribution in [1.82, 2.24) is 5.32 Å². The molecule has 1 heterocycles. The Morgan fingerprint density at radius 2 is 1.71 bits per heavy atom. The molecular weight excluding hydrogens is 446 g/mol. The molecule has 3 amide bonds. The summed E-state index contributed by atoms with van der Waals surface area (Å²) in [6.45, 7) is 1.89. The summed E-state index contributed by atoms with van der Waals surface area (Å²) < 4.78 is 10.8. The predicted octanol–water partition coefficient (Wildman–Crippen LogP) is 3.42. The third kappa shape index (κ3) is 5.60. The number of hydrogen-bond donors (Lipinski definition) is 2. The van der Waals surface area contributed by atoms with E-state index in [4.69, 9.17) is 9.47 Å². The standard InChI is InChI=1S/C27H27N3O5/c1-18-27(33)30(23-9-5-6-10-24(23)35-18)17-25(31)29-22-8-4-3-7-21(22)26(32)28-16-15-19-11-13-20(34-2)14-12-19/h3-14,18H,15-17H2,1-2H3,(H,28,32)(H,29,31)/t18-/m1/s1. The van der Waals surface area contributed by atoms with Crippen molar-refractivity contribution < 1.29 is 23.9 Å². The van der Waals surface area contributed by atoms with Gasteiger partial charge >= 0.3 is 0 Å². The van der Waals surface area contributed by atoms with Crippen molar-refractivity contribution in [2.24, 2.45) is 0 Å². The molecule has 35 heavy (non-hydrogen) atoms. The van der Waals surface area contributed by atoms with E-state index in [1.54, 1.807) is 56.5 Å². The van der Waals surface area contributed by atoms with Gasteiger partial charge in [-0.05, 0) is 55.3 Å². The summed E-state index contributed by atoms with van der Waals surface area (Å²) in [5.74, 6) is 0.309. The van der Waals surface area contributed by atoms with Gasteiger partial charge in [0.25, 0.3) is 11.8 Å². The van der Waals surface area contributed by atoms with Crippen molar-refractivity contribution in [1.29, 1.82) is 0 Å². The molecule has 8 heteroatoms. The van der Waals surface area contributed by atoms with Gasteiger partial charge in [0.15, 0.2) is 6.10 Å². The molecule has 4 rings (SSSR count). The maximum Gasteiger partial charge on any atom is 0.268 e. The molecule has 0 saturated carbocycles. The SMILES string of the molecule is COc1ccc(CCNC(=O)c2ccccc2NC(=O)CN2C(=O)[C@@H](C)Oc3ccccc32)cc1. The second-order valence-electron chi connectivity index (χ2n) is 8.10. The molecular formula is C27H27N3O5. The van der Waals surface area contributed by atoms with Crippen LogP contribution in [0, 0.1) is 0 Å². The zero-order valence-electron chi connectivity index (χ0n) is 19.6. The van der Waals surface area contributed by atoms with Crippen molar-refractivity contribution >= 4 is 29.1 Å². The Morgan fingerprint density at radius 3 is 2.49 bits per heavy atom. The van der Waals surface area contributed by atoms with Crippen molar-refractivity contribution in [3.05, 3.63) is 83.9 Å². The van der Waals surface area contributed by atoms with Crippen LogP contribution in [0.2, 0.25) is 0 Å². The zero-order chi connectivity index (χ0) is 24.8. The molecule has 0 bridgehead atoms. The Bertz CT molecular complexity index is 1230. The van der Waals surface area contributed by atoms with Crippen LogP contribution < -0.4 is 25.0 Å². The Balaban J connectivity index is 1.39. The van der Waals surface area contributed by atoms with Crippen LogP contribution in [-0.2, 0) is 16.0 Å². The lowest BCUT2D eigenvalue weighted by Crippen LogP contribution is -2.47. The number of fused-ring (bicyclic) bond motifs is 1. The van der Waals surface area contributed by atoms with Crippen LogP contribution in [0.25, 0.3) is 0 Å². The maximum absolute atomic E-state index is 12.9. The molecule has 0 fully saturated rings. The molecule has 8 nitrogen and oxygen atoms in total. The van der Waals surface area contributed by atoms with Gasteiger partial charge in [0.2, 0.25) is 5.91 Å². The highest BCUT2D eigenvalue weighted by molar-refractivity contribution is 6.08. The molecule has 180 valence electrons. The number of para-hydroxylation sites is 3. The van der Waals surface area contributed by atoms with E-state index in [2.05, 4.69) is 10.6 Å². The molecule has 1 aliphatic heterocycles. The van der Waals surface area contributed by atoms with E-state index in [9.17, 15) is 14.4 Å². The molecule has 3 aromatic rings. The third-order valence-electron chi connectivity index (χ3n) is 5.68. The van der Waals surface area contributed by atoms with Gasteiger partial charge in [-0.2, -0.15) is 0 Å². The van der Waals surface area contributed by atoms with Crippen LogP contribution in [0.5, 0.6) is 11.5 Å². The average molecular weight is 474 g/mol. The fourth-order valence-electron chi connectivity index (χ4n) is 3.85. The number of methoxy groups -OCH3 is 1. The van der Waals surface area contributed by atoms with E-state index in [1.807, 2.05) is 30.3 Å². The third-order valence-corrected chi connectivity index (χ3v) is 5.68. The molecule has 3 aromatic carbocycles. The highest BCUT2D eigenvalue weighted by atomic mass is 16.5. The van der Waals surface area contributed by atoms with Crippen molar-refractivity contribution in [3.63, 3.8) is 0 Å². The maximum atomic E-state index is 12.9. The van der Waals surface area contributed by atoms with Crippen LogP contribution in [0.15, 0.2) is 72.8 Å². The van der Waals surface area contributed by atoms with Crippen molar-refractivity contribution in [2.45, 2.75) is 19.4 Å². The van der Waals surface area contributed by atoms with Crippen LogP contribution in [0.4, 0.5) is 11.4 Å². The van der Waals surface area contributed by atoms with E-state index in [0.717, 1.165) is 11.3 Å². The first kappa shape index (κ1) is 23.8. The summed E-state index contributed by atoms with van der Waals surface area (Å²) in [5, 5.41) is 5.67. The Kier molecular flexibility index (Phi) is 7.30. The van der Waals surface area contributed by atoms with E-state index in [-0.39, 0.29) is 18.4 Å². The molecule has 2 N–H and O–H groups in total. The summed E-state index contributed by atoms with van der Waals surface area (Å²) in [4.78, 5) is 39.8. The number of hydrogen-bond acceptors (Lipinski definition) is 5. The Morgan fingerprint density at radius 1 is 1.00 bits per heavy atom. The minimum Gasteiger partial charge on any atom is -0.497 e.